The molecule has 0 aliphatic carbocycles. The van der Waals surface area contributed by atoms with Gasteiger partial charge in [0.2, 0.25) is 15.9 Å². The minimum Gasteiger partial charge on any atom is -0.383 e. The largest absolute Gasteiger partial charge is 0.383 e. The first kappa shape index (κ1) is 15.9. The molecule has 0 bridgehead atoms. The Kier molecular flexibility index (Phi) is 4.97. The van der Waals surface area contributed by atoms with Crippen molar-refractivity contribution in [1.29, 1.82) is 0 Å². The fraction of sp³-hybridized carbons (Fsp3) is 0.500. The minimum absolute atomic E-state index is 0.102. The van der Waals surface area contributed by atoms with E-state index in [2.05, 4.69) is 5.32 Å². The number of nitrogens with one attached hydrogen (secondary N) is 1. The van der Waals surface area contributed by atoms with E-state index in [-0.39, 0.29) is 16.8 Å². The number of hydrogen-bond acceptors (Lipinski definition) is 4. The predicted octanol–water partition coefficient (Wildman–Crippen LogP) is 1.44. The second kappa shape index (κ2) is 6.55. The van der Waals surface area contributed by atoms with Crippen molar-refractivity contribution in [3.63, 3.8) is 0 Å². The third-order valence-corrected chi connectivity index (χ3v) is 5.43. The lowest BCUT2D eigenvalue weighted by molar-refractivity contribution is -0.114. The van der Waals surface area contributed by atoms with Crippen LogP contribution in [0, 0.1) is 0 Å². The van der Waals surface area contributed by atoms with Crippen LogP contribution in [0.15, 0.2) is 29.2 Å². The summed E-state index contributed by atoms with van der Waals surface area (Å²) in [5.74, 6) is -0.190. The van der Waals surface area contributed by atoms with Crippen molar-refractivity contribution >= 4 is 21.6 Å². The molecule has 0 spiro atoms. The standard InChI is InChI=1S/C14H20N2O4S/c1-11(17)15-12-5-7-14(8-6-12)21(18,19)16-9-3-4-13(16)10-20-2/h5-8,13H,3-4,9-10H2,1-2H3,(H,15,17)/t13-/m0/s1. The summed E-state index contributed by atoms with van der Waals surface area (Å²) in [4.78, 5) is 11.2. The summed E-state index contributed by atoms with van der Waals surface area (Å²) in [6, 6.07) is 6.12. The van der Waals surface area contributed by atoms with Gasteiger partial charge in [-0.25, -0.2) is 8.42 Å². The van der Waals surface area contributed by atoms with Gasteiger partial charge in [-0.15, -0.1) is 0 Å². The lowest BCUT2D eigenvalue weighted by Gasteiger charge is -2.23. The molecule has 1 heterocycles. The Morgan fingerprint density at radius 1 is 1.38 bits per heavy atom. The number of rotatable bonds is 5. The number of sulfonamides is 1. The quantitative estimate of drug-likeness (QED) is 0.893. The van der Waals surface area contributed by atoms with Crippen LogP contribution >= 0.6 is 0 Å². The molecule has 1 saturated heterocycles. The van der Waals surface area contributed by atoms with Crippen molar-refractivity contribution in [2.45, 2.75) is 30.7 Å². The predicted molar refractivity (Wildman–Crippen MR) is 79.5 cm³/mol. The molecule has 21 heavy (non-hydrogen) atoms. The highest BCUT2D eigenvalue weighted by Crippen LogP contribution is 2.26. The van der Waals surface area contributed by atoms with E-state index in [0.717, 1.165) is 12.8 Å². The zero-order valence-electron chi connectivity index (χ0n) is 12.2. The number of benzene rings is 1. The molecule has 6 nitrogen and oxygen atoms in total. The van der Waals surface area contributed by atoms with Gasteiger partial charge in [0.05, 0.1) is 11.5 Å². The van der Waals surface area contributed by atoms with Crippen molar-refractivity contribution < 1.29 is 17.9 Å². The Bertz CT molecular complexity index is 598. The monoisotopic (exact) mass is 312 g/mol. The van der Waals surface area contributed by atoms with E-state index in [1.54, 1.807) is 19.2 Å². The highest BCUT2D eigenvalue weighted by atomic mass is 32.2. The number of methoxy groups -OCH3 is 1. The van der Waals surface area contributed by atoms with Crippen LogP contribution < -0.4 is 5.32 Å². The Balaban J connectivity index is 2.21. The first-order chi connectivity index (χ1) is 9.95. The van der Waals surface area contributed by atoms with Crippen LogP contribution in [0.1, 0.15) is 19.8 Å². The van der Waals surface area contributed by atoms with Crippen LogP contribution in [-0.2, 0) is 19.6 Å². The van der Waals surface area contributed by atoms with Crippen LogP contribution in [0.4, 0.5) is 5.69 Å². The second-order valence-corrected chi connectivity index (χ2v) is 6.96. The van der Waals surface area contributed by atoms with Crippen molar-refractivity contribution in [3.05, 3.63) is 24.3 Å². The van der Waals surface area contributed by atoms with Gasteiger partial charge >= 0.3 is 0 Å². The lowest BCUT2D eigenvalue weighted by atomic mass is 10.2. The van der Waals surface area contributed by atoms with Crippen LogP contribution in [0.5, 0.6) is 0 Å². The number of carbonyl (C=O) groups is 1. The van der Waals surface area contributed by atoms with Gasteiger partial charge in [-0.2, -0.15) is 4.31 Å². The number of ether oxygens (including phenoxy) is 1. The number of carbonyl (C=O) groups excluding carboxylic acids is 1. The Morgan fingerprint density at radius 2 is 2.05 bits per heavy atom. The van der Waals surface area contributed by atoms with Crippen LogP contribution in [0.3, 0.4) is 0 Å². The highest BCUT2D eigenvalue weighted by molar-refractivity contribution is 7.89. The smallest absolute Gasteiger partial charge is 0.243 e. The molecule has 1 N–H and O–H groups in total. The average Bonchev–Trinajstić information content (AvgIpc) is 2.88. The van der Waals surface area contributed by atoms with Gasteiger partial charge in [0, 0.05) is 32.3 Å². The molecule has 1 atom stereocenters. The molecule has 0 aromatic heterocycles. The normalized spacial score (nSPS) is 19.6. The van der Waals surface area contributed by atoms with E-state index in [1.165, 1.54) is 23.4 Å². The zero-order valence-corrected chi connectivity index (χ0v) is 13.0. The van der Waals surface area contributed by atoms with Crippen LogP contribution in [0.2, 0.25) is 0 Å². The number of hydrogen-bond donors (Lipinski definition) is 1. The van der Waals surface area contributed by atoms with Gasteiger partial charge in [0.25, 0.3) is 0 Å². The van der Waals surface area contributed by atoms with Crippen LogP contribution in [0.25, 0.3) is 0 Å². The maximum absolute atomic E-state index is 12.6. The topological polar surface area (TPSA) is 75.7 Å². The van der Waals surface area contributed by atoms with Crippen molar-refractivity contribution in [2.24, 2.45) is 0 Å². The summed E-state index contributed by atoms with van der Waals surface area (Å²) in [5, 5.41) is 2.61. The molecule has 0 radical (unpaired) electrons. The summed E-state index contributed by atoms with van der Waals surface area (Å²) in [5.41, 5.74) is 0.580. The van der Waals surface area contributed by atoms with Crippen molar-refractivity contribution in [3.8, 4) is 0 Å². The second-order valence-electron chi connectivity index (χ2n) is 5.07. The van der Waals surface area contributed by atoms with E-state index in [9.17, 15) is 13.2 Å². The van der Waals surface area contributed by atoms with Crippen LogP contribution in [-0.4, -0.2) is 44.9 Å². The number of anilines is 1. The van der Waals surface area contributed by atoms with E-state index < -0.39 is 10.0 Å². The lowest BCUT2D eigenvalue weighted by Crippen LogP contribution is -2.38. The fourth-order valence-corrected chi connectivity index (χ4v) is 4.21. The van der Waals surface area contributed by atoms with E-state index in [1.807, 2.05) is 0 Å². The maximum Gasteiger partial charge on any atom is 0.243 e. The van der Waals surface area contributed by atoms with Crippen molar-refractivity contribution in [2.75, 3.05) is 25.6 Å². The van der Waals surface area contributed by atoms with E-state index >= 15 is 0 Å². The average molecular weight is 312 g/mol. The first-order valence-corrected chi connectivity index (χ1v) is 8.27. The van der Waals surface area contributed by atoms with Crippen molar-refractivity contribution in [1.82, 2.24) is 4.31 Å². The summed E-state index contributed by atoms with van der Waals surface area (Å²) in [6.07, 6.45) is 1.66. The summed E-state index contributed by atoms with van der Waals surface area (Å²) in [6.45, 7) is 2.33. The SMILES string of the molecule is COC[C@@H]1CCCN1S(=O)(=O)c1ccc(NC(C)=O)cc1. The highest BCUT2D eigenvalue weighted by Gasteiger charge is 2.35. The Morgan fingerprint density at radius 3 is 2.62 bits per heavy atom. The molecule has 0 saturated carbocycles. The Labute approximate surface area is 125 Å². The molecule has 1 fully saturated rings. The zero-order chi connectivity index (χ0) is 15.5. The van der Waals surface area contributed by atoms with E-state index in [0.29, 0.717) is 18.8 Å². The first-order valence-electron chi connectivity index (χ1n) is 6.83. The molecule has 0 unspecified atom stereocenters. The third kappa shape index (κ3) is 3.61. The van der Waals surface area contributed by atoms with Gasteiger partial charge in [0.1, 0.15) is 0 Å². The molecular formula is C14H20N2O4S. The van der Waals surface area contributed by atoms with E-state index in [4.69, 9.17) is 4.74 Å². The molecule has 116 valence electrons. The minimum atomic E-state index is -3.51. The molecule has 7 heteroatoms. The molecule has 1 aromatic rings. The third-order valence-electron chi connectivity index (χ3n) is 3.46. The maximum atomic E-state index is 12.6. The van der Waals surface area contributed by atoms with Gasteiger partial charge in [0.15, 0.2) is 0 Å². The van der Waals surface area contributed by atoms with Gasteiger partial charge in [-0.1, -0.05) is 0 Å². The molecule has 2 rings (SSSR count). The molecule has 1 aliphatic heterocycles. The molecule has 1 aliphatic rings. The molecular weight excluding hydrogens is 292 g/mol. The molecule has 1 aromatic carbocycles. The van der Waals surface area contributed by atoms with Gasteiger partial charge < -0.3 is 10.1 Å². The van der Waals surface area contributed by atoms with Gasteiger partial charge in [-0.3, -0.25) is 4.79 Å². The summed E-state index contributed by atoms with van der Waals surface area (Å²) in [7, 11) is -1.94. The number of amides is 1. The summed E-state index contributed by atoms with van der Waals surface area (Å²) < 4.78 is 31.9. The molecule has 1 amide bonds. The number of nitrogens with zero attached hydrogens (tertiary/aromatic N) is 1. The summed E-state index contributed by atoms with van der Waals surface area (Å²) >= 11 is 0. The fourth-order valence-electron chi connectivity index (χ4n) is 2.53. The Hall–Kier alpha value is -1.44. The van der Waals surface area contributed by atoms with Gasteiger partial charge in [-0.05, 0) is 37.1 Å².